The van der Waals surface area contributed by atoms with Crippen molar-refractivity contribution < 1.29 is 57.7 Å². The van der Waals surface area contributed by atoms with Gasteiger partial charge in [-0.15, -0.1) is 0 Å². The lowest BCUT2D eigenvalue weighted by Crippen LogP contribution is -2.29. The molecule has 7 atom stereocenters. The number of carbonyl (C=O) groups is 3. The van der Waals surface area contributed by atoms with Crippen molar-refractivity contribution in [3.63, 3.8) is 0 Å². The number of unbranched alkanes of at least 4 members (excludes halogenated alkanes) is 18. The third-order valence-corrected chi connectivity index (χ3v) is 12.3. The highest BCUT2D eigenvalue weighted by atomic mass is 31.2. The van der Waals surface area contributed by atoms with Gasteiger partial charge in [-0.05, 0) is 51.4 Å². The molecule has 0 saturated heterocycles. The molecule has 356 valence electrons. The summed E-state index contributed by atoms with van der Waals surface area (Å²) in [6.07, 6.45) is 29.8. The van der Waals surface area contributed by atoms with Crippen molar-refractivity contribution >= 4 is 25.5 Å². The first-order chi connectivity index (χ1) is 29.4. The number of rotatable bonds is 41. The number of nitrogens with two attached hydrogens (primary N) is 1. The molecule has 1 rings (SSSR count). The zero-order chi connectivity index (χ0) is 45.0. The molecular weight excluding hydrogens is 801 g/mol. The number of allylic oxidation sites excluding steroid dienone is 2. The second-order valence-corrected chi connectivity index (χ2v) is 18.4. The number of carbonyl (C=O) groups excluding carboxylic acids is 3. The van der Waals surface area contributed by atoms with Crippen LogP contribution in [0.3, 0.4) is 0 Å². The summed E-state index contributed by atoms with van der Waals surface area (Å²) < 4.78 is 32.7. The molecule has 1 saturated carbocycles. The Morgan fingerprint density at radius 2 is 1.25 bits per heavy atom. The number of ether oxygens (including phenoxy) is 2. The standard InChI is InChI=1S/C47H86NO12P/c1-3-5-7-8-9-10-11-12-13-14-15-16-17-18-19-20-21-22-24-30-47(54)60-41(38-59-61(55,56)58-34-33-48)37-57-46(53)29-26-25-28-40(50)35-43-42(44(51)36-45(43)52)32-31-39(49)27-23-6-4-2/h12-13,31-32,39,41-45,49,51-52H,3-11,14-30,33-38,48H2,1-2H3,(H,55,56)/b13-12-,32-31+/t39-,41+,42+,43+,44+,45-/m0/s1. The number of aliphatic hydroxyl groups excluding tert-OH is 3. The van der Waals surface area contributed by atoms with Crippen LogP contribution in [0.5, 0.6) is 0 Å². The largest absolute Gasteiger partial charge is 0.472 e. The second kappa shape index (κ2) is 37.4. The third-order valence-electron chi connectivity index (χ3n) is 11.3. The molecule has 1 fully saturated rings. The normalized spacial score (nSPS) is 20.0. The fourth-order valence-corrected chi connectivity index (χ4v) is 8.39. The van der Waals surface area contributed by atoms with E-state index in [2.05, 4.69) is 26.0 Å². The molecule has 0 amide bonds. The van der Waals surface area contributed by atoms with Crippen LogP contribution >= 0.6 is 7.82 Å². The number of hydrogen-bond acceptors (Lipinski definition) is 12. The van der Waals surface area contributed by atoms with Crippen LogP contribution in [0, 0.1) is 11.8 Å². The smallest absolute Gasteiger partial charge is 0.462 e. The molecule has 0 radical (unpaired) electrons. The van der Waals surface area contributed by atoms with Crippen molar-refractivity contribution in [2.75, 3.05) is 26.4 Å². The van der Waals surface area contributed by atoms with Crippen molar-refractivity contribution in [2.24, 2.45) is 17.6 Å². The quantitative estimate of drug-likeness (QED) is 0.0168. The summed E-state index contributed by atoms with van der Waals surface area (Å²) in [4.78, 5) is 48.0. The summed E-state index contributed by atoms with van der Waals surface area (Å²) in [6, 6.07) is 0. The summed E-state index contributed by atoms with van der Waals surface area (Å²) in [5.41, 5.74) is 5.35. The minimum absolute atomic E-state index is 0.000572. The highest BCUT2D eigenvalue weighted by Crippen LogP contribution is 2.43. The number of ketones is 1. The van der Waals surface area contributed by atoms with Crippen molar-refractivity contribution in [3.05, 3.63) is 24.3 Å². The molecule has 1 unspecified atom stereocenters. The highest BCUT2D eigenvalue weighted by Gasteiger charge is 2.41. The summed E-state index contributed by atoms with van der Waals surface area (Å²) in [5, 5.41) is 31.3. The molecule has 0 bridgehead atoms. The first-order valence-corrected chi connectivity index (χ1v) is 25.5. The van der Waals surface area contributed by atoms with E-state index in [-0.39, 0.29) is 57.6 Å². The van der Waals surface area contributed by atoms with E-state index in [1.54, 1.807) is 12.2 Å². The van der Waals surface area contributed by atoms with E-state index >= 15 is 0 Å². The van der Waals surface area contributed by atoms with E-state index < -0.39 is 62.6 Å². The molecule has 1 aliphatic rings. The van der Waals surface area contributed by atoms with Crippen molar-refractivity contribution in [1.29, 1.82) is 0 Å². The van der Waals surface area contributed by atoms with Gasteiger partial charge in [0.2, 0.25) is 0 Å². The Kier molecular flexibility index (Phi) is 35.0. The van der Waals surface area contributed by atoms with Gasteiger partial charge in [0.05, 0.1) is 31.5 Å². The van der Waals surface area contributed by atoms with Crippen LogP contribution in [0.2, 0.25) is 0 Å². The highest BCUT2D eigenvalue weighted by molar-refractivity contribution is 7.47. The molecule has 0 aromatic carbocycles. The van der Waals surface area contributed by atoms with Gasteiger partial charge in [-0.3, -0.25) is 23.4 Å². The second-order valence-electron chi connectivity index (χ2n) is 16.9. The van der Waals surface area contributed by atoms with Gasteiger partial charge in [-0.1, -0.05) is 134 Å². The Morgan fingerprint density at radius 3 is 1.87 bits per heavy atom. The molecular formula is C47H86NO12P. The number of phosphoric ester groups is 1. The van der Waals surface area contributed by atoms with Gasteiger partial charge in [0.1, 0.15) is 12.4 Å². The van der Waals surface area contributed by atoms with Gasteiger partial charge in [0, 0.05) is 50.5 Å². The minimum atomic E-state index is -4.47. The summed E-state index contributed by atoms with van der Waals surface area (Å²) >= 11 is 0. The van der Waals surface area contributed by atoms with Gasteiger partial charge in [0.15, 0.2) is 6.10 Å². The Morgan fingerprint density at radius 1 is 0.705 bits per heavy atom. The summed E-state index contributed by atoms with van der Waals surface area (Å²) in [6.45, 7) is 3.21. The van der Waals surface area contributed by atoms with E-state index in [1.165, 1.54) is 83.5 Å². The van der Waals surface area contributed by atoms with Gasteiger partial charge in [-0.2, -0.15) is 0 Å². The fraction of sp³-hybridized carbons (Fsp3) is 0.851. The first-order valence-electron chi connectivity index (χ1n) is 24.0. The lowest BCUT2D eigenvalue weighted by atomic mass is 9.87. The molecule has 0 aliphatic heterocycles. The summed E-state index contributed by atoms with van der Waals surface area (Å²) in [5.74, 6) is -2.09. The van der Waals surface area contributed by atoms with E-state index in [0.717, 1.165) is 38.5 Å². The van der Waals surface area contributed by atoms with Gasteiger partial charge in [-0.25, -0.2) is 4.57 Å². The van der Waals surface area contributed by atoms with Crippen LogP contribution in [-0.4, -0.2) is 88.7 Å². The molecule has 0 aromatic heterocycles. The van der Waals surface area contributed by atoms with Crippen LogP contribution in [-0.2, 0) is 37.5 Å². The molecule has 6 N–H and O–H groups in total. The predicted molar refractivity (Wildman–Crippen MR) is 241 cm³/mol. The first kappa shape index (κ1) is 57.1. The van der Waals surface area contributed by atoms with Gasteiger partial charge >= 0.3 is 19.8 Å². The monoisotopic (exact) mass is 888 g/mol. The van der Waals surface area contributed by atoms with Crippen LogP contribution in [0.1, 0.15) is 194 Å². The summed E-state index contributed by atoms with van der Waals surface area (Å²) in [7, 11) is -4.47. The van der Waals surface area contributed by atoms with Crippen LogP contribution in [0.4, 0.5) is 0 Å². The Bertz CT molecular complexity index is 1230. The molecule has 0 aromatic rings. The molecule has 0 heterocycles. The fourth-order valence-electron chi connectivity index (χ4n) is 7.63. The Balaban J connectivity index is 2.36. The van der Waals surface area contributed by atoms with E-state index in [0.29, 0.717) is 25.7 Å². The van der Waals surface area contributed by atoms with Crippen LogP contribution in [0.15, 0.2) is 24.3 Å². The minimum Gasteiger partial charge on any atom is -0.462 e. The molecule has 1 aliphatic carbocycles. The van der Waals surface area contributed by atoms with Gasteiger partial charge < -0.3 is 35.4 Å². The lowest BCUT2D eigenvalue weighted by Gasteiger charge is -2.20. The number of esters is 2. The molecule has 14 heteroatoms. The Hall–Kier alpha value is -1.96. The predicted octanol–water partition coefficient (Wildman–Crippen LogP) is 9.51. The zero-order valence-corrected chi connectivity index (χ0v) is 38.9. The maximum absolute atomic E-state index is 12.8. The topological polar surface area (TPSA) is 212 Å². The SMILES string of the molecule is CCCCCCCC/C=C\CCCCCCCCCCCC(=O)O[C@H](COC(=O)CCCCC(=O)C[C@@H]1[C@@H](/C=C/[C@@H](O)CCCCC)[C@H](O)C[C@@H]1O)COP(=O)(O)OCCN. The average Bonchev–Trinajstić information content (AvgIpc) is 3.49. The molecule has 0 spiro atoms. The number of hydrogen-bond donors (Lipinski definition) is 5. The van der Waals surface area contributed by atoms with Gasteiger partial charge in [0.25, 0.3) is 0 Å². The zero-order valence-electron chi connectivity index (χ0n) is 38.0. The van der Waals surface area contributed by atoms with E-state index in [9.17, 15) is 39.2 Å². The van der Waals surface area contributed by atoms with Crippen molar-refractivity contribution in [1.82, 2.24) is 0 Å². The third kappa shape index (κ3) is 31.5. The number of Topliss-reactive ketones (excluding diaryl/α,β-unsaturated/α-hetero) is 1. The lowest BCUT2D eigenvalue weighted by molar-refractivity contribution is -0.161. The molecule has 13 nitrogen and oxygen atoms in total. The maximum Gasteiger partial charge on any atom is 0.472 e. The number of phosphoric acid groups is 1. The van der Waals surface area contributed by atoms with Crippen molar-refractivity contribution in [2.45, 2.75) is 218 Å². The van der Waals surface area contributed by atoms with E-state index in [1.807, 2.05) is 0 Å². The van der Waals surface area contributed by atoms with Crippen molar-refractivity contribution in [3.8, 4) is 0 Å². The van der Waals surface area contributed by atoms with Crippen LogP contribution < -0.4 is 5.73 Å². The molecule has 61 heavy (non-hydrogen) atoms. The number of aliphatic hydroxyl groups is 3. The maximum atomic E-state index is 12.8. The average molecular weight is 888 g/mol. The van der Waals surface area contributed by atoms with Crippen LogP contribution in [0.25, 0.3) is 0 Å². The van der Waals surface area contributed by atoms with E-state index in [4.69, 9.17) is 24.3 Å². The Labute approximate surface area is 368 Å².